The van der Waals surface area contributed by atoms with Crippen molar-refractivity contribution < 1.29 is 27.0 Å². The number of nitrogens with zero attached hydrogens (tertiary/aromatic N) is 5. The van der Waals surface area contributed by atoms with Crippen LogP contribution in [0.1, 0.15) is 120 Å². The molecule has 0 aromatic heterocycles. The van der Waals surface area contributed by atoms with Crippen LogP contribution in [0.25, 0.3) is 0 Å². The predicted octanol–water partition coefficient (Wildman–Crippen LogP) is 7.55. The van der Waals surface area contributed by atoms with Gasteiger partial charge in [0.2, 0.25) is 0 Å². The van der Waals surface area contributed by atoms with E-state index in [9.17, 15) is 10.2 Å². The number of aryl methyl sites for hydroxylation is 2. The first kappa shape index (κ1) is 37.0. The molecule has 1 aliphatic carbocycles. The Bertz CT molecular complexity index is 1470. The minimum absolute atomic E-state index is 0. The molecule has 2 heterocycles. The zero-order valence-corrected chi connectivity index (χ0v) is 30.8. The van der Waals surface area contributed by atoms with Crippen LogP contribution in [0.5, 0.6) is 11.5 Å². The number of guanidine groups is 1. The third-order valence-corrected chi connectivity index (χ3v) is 9.82. The molecule has 0 bridgehead atoms. The van der Waals surface area contributed by atoms with Crippen molar-refractivity contribution in [3.63, 3.8) is 0 Å². The Morgan fingerprint density at radius 3 is 2.09 bits per heavy atom. The molecule has 2 aliphatic heterocycles. The molecule has 0 amide bonds. The third kappa shape index (κ3) is 9.20. The molecule has 2 unspecified atom stereocenters. The van der Waals surface area contributed by atoms with E-state index in [1.165, 1.54) is 17.9 Å². The summed E-state index contributed by atoms with van der Waals surface area (Å²) in [7, 11) is 0. The van der Waals surface area contributed by atoms with Crippen LogP contribution in [-0.4, -0.2) is 83.2 Å². The second kappa shape index (κ2) is 15.6. The Hall–Kier alpha value is -2.84. The molecule has 1 saturated carbocycles. The van der Waals surface area contributed by atoms with Gasteiger partial charge in [-0.05, 0) is 85.1 Å². The van der Waals surface area contributed by atoms with Crippen molar-refractivity contribution in [3.05, 3.63) is 57.6 Å². The molecule has 47 heavy (non-hydrogen) atoms. The first-order valence-electron chi connectivity index (χ1n) is 17.6. The van der Waals surface area contributed by atoms with E-state index in [1.807, 2.05) is 18.5 Å². The fourth-order valence-corrected chi connectivity index (χ4v) is 7.09. The fourth-order valence-electron chi connectivity index (χ4n) is 7.09. The standard InChI is InChI=1S/C39H57N5O2.Co/c1-27-21-29(36(46)32(22-27)39(5,6)7)25-41-33-14-8-9-15-34(33)42-26-30-24-31(38(2,3)4)23-28(35(30)45)13-10-17-43-19-12-20-44-18-11-16-40-37(43)44;/h21-26,33-34,45-46H,8-20H2,1-7H3;. The normalized spacial score (nSPS) is 20.8. The van der Waals surface area contributed by atoms with Crippen molar-refractivity contribution in [2.75, 3.05) is 32.7 Å². The van der Waals surface area contributed by atoms with Crippen LogP contribution in [0.3, 0.4) is 0 Å². The molecule has 2 aromatic carbocycles. The van der Waals surface area contributed by atoms with Gasteiger partial charge in [-0.1, -0.05) is 66.5 Å². The van der Waals surface area contributed by atoms with Gasteiger partial charge in [0.15, 0.2) is 5.96 Å². The molecule has 2 fully saturated rings. The van der Waals surface area contributed by atoms with Gasteiger partial charge in [0.05, 0.1) is 12.1 Å². The van der Waals surface area contributed by atoms with E-state index in [0.29, 0.717) is 11.5 Å². The second-order valence-electron chi connectivity index (χ2n) is 15.8. The predicted molar refractivity (Wildman–Crippen MR) is 193 cm³/mol. The van der Waals surface area contributed by atoms with Gasteiger partial charge in [-0.3, -0.25) is 15.0 Å². The Kier molecular flexibility index (Phi) is 12.3. The van der Waals surface area contributed by atoms with Gasteiger partial charge >= 0.3 is 0 Å². The van der Waals surface area contributed by atoms with Crippen LogP contribution in [-0.2, 0) is 34.0 Å². The van der Waals surface area contributed by atoms with Gasteiger partial charge < -0.3 is 20.0 Å². The van der Waals surface area contributed by atoms with E-state index in [2.05, 4.69) is 76.5 Å². The van der Waals surface area contributed by atoms with Gasteiger partial charge in [-0.25, -0.2) is 0 Å². The number of rotatable bonds is 8. The molecular weight excluding hydrogens is 629 g/mol. The Balaban J connectivity index is 0.00000500. The number of aromatic hydroxyl groups is 2. The summed E-state index contributed by atoms with van der Waals surface area (Å²) < 4.78 is 0. The maximum Gasteiger partial charge on any atom is 0.196 e. The molecule has 3 aliphatic rings. The van der Waals surface area contributed by atoms with E-state index in [1.54, 1.807) is 0 Å². The average molecular weight is 687 g/mol. The topological polar surface area (TPSA) is 84.0 Å². The summed E-state index contributed by atoms with van der Waals surface area (Å²) >= 11 is 0. The molecule has 2 aromatic rings. The first-order chi connectivity index (χ1) is 21.8. The van der Waals surface area contributed by atoms with Gasteiger partial charge in [-0.15, -0.1) is 0 Å². The summed E-state index contributed by atoms with van der Waals surface area (Å²) in [5.41, 5.74) is 5.63. The minimum atomic E-state index is -0.155. The molecule has 0 spiro atoms. The zero-order chi connectivity index (χ0) is 33.1. The van der Waals surface area contributed by atoms with Crippen molar-refractivity contribution >= 4 is 18.4 Å². The molecule has 259 valence electrons. The van der Waals surface area contributed by atoms with Gasteiger partial charge in [0, 0.05) is 78.6 Å². The number of aliphatic imine (C=N–C) groups is 3. The fraction of sp³-hybridized carbons (Fsp3) is 0.615. The molecule has 5 rings (SSSR count). The second-order valence-corrected chi connectivity index (χ2v) is 15.8. The molecule has 2 N–H and O–H groups in total. The summed E-state index contributed by atoms with van der Waals surface area (Å²) in [6.07, 6.45) is 12.0. The van der Waals surface area contributed by atoms with E-state index in [-0.39, 0.29) is 39.7 Å². The monoisotopic (exact) mass is 686 g/mol. The summed E-state index contributed by atoms with van der Waals surface area (Å²) in [4.78, 5) is 19.8. The van der Waals surface area contributed by atoms with Gasteiger partial charge in [0.1, 0.15) is 11.5 Å². The molecule has 7 nitrogen and oxygen atoms in total. The van der Waals surface area contributed by atoms with Crippen LogP contribution in [0.2, 0.25) is 0 Å². The number of benzene rings is 2. The molecule has 1 radical (unpaired) electrons. The number of phenolic OH excluding ortho intramolecular Hbond substituents is 2. The van der Waals surface area contributed by atoms with Gasteiger partial charge in [0.25, 0.3) is 0 Å². The number of fused-ring (bicyclic) bond motifs is 1. The van der Waals surface area contributed by atoms with Gasteiger partial charge in [-0.2, -0.15) is 0 Å². The quantitative estimate of drug-likeness (QED) is 0.281. The maximum atomic E-state index is 11.5. The first-order valence-corrected chi connectivity index (χ1v) is 17.6. The van der Waals surface area contributed by atoms with Crippen LogP contribution in [0.4, 0.5) is 0 Å². The van der Waals surface area contributed by atoms with Crippen LogP contribution in [0, 0.1) is 6.92 Å². The summed E-state index contributed by atoms with van der Waals surface area (Å²) in [6, 6.07) is 8.47. The van der Waals surface area contributed by atoms with E-state index in [4.69, 9.17) is 15.0 Å². The van der Waals surface area contributed by atoms with Crippen molar-refractivity contribution in [1.82, 2.24) is 9.80 Å². The molecule has 8 heteroatoms. The zero-order valence-electron chi connectivity index (χ0n) is 29.8. The van der Waals surface area contributed by atoms with Crippen LogP contribution in [0.15, 0.2) is 39.2 Å². The number of hydrogen-bond donors (Lipinski definition) is 2. The number of phenols is 2. The van der Waals surface area contributed by atoms with Crippen LogP contribution >= 0.6 is 0 Å². The summed E-state index contributed by atoms with van der Waals surface area (Å²) in [6.45, 7) is 20.3. The van der Waals surface area contributed by atoms with Crippen LogP contribution < -0.4 is 0 Å². The largest absolute Gasteiger partial charge is 0.507 e. The molecule has 2 atom stereocenters. The summed E-state index contributed by atoms with van der Waals surface area (Å²) in [5, 5.41) is 22.6. The van der Waals surface area contributed by atoms with E-state index < -0.39 is 0 Å². The van der Waals surface area contributed by atoms with Crippen molar-refractivity contribution in [2.45, 2.75) is 123 Å². The third-order valence-electron chi connectivity index (χ3n) is 9.82. The Labute approximate surface area is 293 Å². The average Bonchev–Trinajstić information content (AvgIpc) is 3.01. The van der Waals surface area contributed by atoms with E-state index >= 15 is 0 Å². The van der Waals surface area contributed by atoms with Crippen molar-refractivity contribution in [2.24, 2.45) is 15.0 Å². The Morgan fingerprint density at radius 2 is 1.45 bits per heavy atom. The van der Waals surface area contributed by atoms with Crippen molar-refractivity contribution in [1.29, 1.82) is 0 Å². The minimum Gasteiger partial charge on any atom is -0.507 e. The van der Waals surface area contributed by atoms with E-state index in [0.717, 1.165) is 105 Å². The van der Waals surface area contributed by atoms with Crippen molar-refractivity contribution in [3.8, 4) is 11.5 Å². The maximum absolute atomic E-state index is 11.5. The molecule has 1 saturated heterocycles. The Morgan fingerprint density at radius 1 is 0.809 bits per heavy atom. The summed E-state index contributed by atoms with van der Waals surface area (Å²) in [5.74, 6) is 1.84. The SMILES string of the molecule is Cc1cc(C=NC2CCCCC2N=Cc2cc(C(C)(C)C)cc(CCCN3CCCN4CCCN=C43)c2O)c(O)c(C(C)(C)C)c1.[Co]. The molecular formula is C39H57CoN5O2. The number of hydrogen-bond acceptors (Lipinski definition) is 7. The smallest absolute Gasteiger partial charge is 0.196 e.